The van der Waals surface area contributed by atoms with Gasteiger partial charge in [-0.1, -0.05) is 0 Å². The van der Waals surface area contributed by atoms with Gasteiger partial charge in [-0.3, -0.25) is 29.0 Å². The Hall–Kier alpha value is -2.78. The molecular formula is C20H24N4O5. The highest BCUT2D eigenvalue weighted by atomic mass is 16.5. The maximum absolute atomic E-state index is 12.9. The molecule has 4 rings (SSSR count). The number of imide groups is 1. The lowest BCUT2D eigenvalue weighted by atomic mass is 10.0. The molecule has 0 saturated carbocycles. The maximum Gasteiger partial charge on any atom is 0.261 e. The Morgan fingerprint density at radius 2 is 1.79 bits per heavy atom. The van der Waals surface area contributed by atoms with E-state index >= 15 is 0 Å². The first-order valence-corrected chi connectivity index (χ1v) is 9.86. The quantitative estimate of drug-likeness (QED) is 0.680. The molecule has 0 aliphatic carbocycles. The molecule has 0 spiro atoms. The molecule has 1 aromatic rings. The number of nitrogens with zero attached hydrogens (tertiary/aromatic N) is 3. The van der Waals surface area contributed by atoms with Gasteiger partial charge in [-0.2, -0.15) is 0 Å². The molecule has 2 fully saturated rings. The summed E-state index contributed by atoms with van der Waals surface area (Å²) in [6, 6.07) is 4.67. The summed E-state index contributed by atoms with van der Waals surface area (Å²) in [5, 5.41) is 0. The Morgan fingerprint density at radius 1 is 1.07 bits per heavy atom. The Labute approximate surface area is 168 Å². The summed E-state index contributed by atoms with van der Waals surface area (Å²) in [4.78, 5) is 54.1. The highest BCUT2D eigenvalue weighted by molar-refractivity contribution is 6.22. The second-order valence-electron chi connectivity index (χ2n) is 7.65. The van der Waals surface area contributed by atoms with Gasteiger partial charge in [0, 0.05) is 38.3 Å². The van der Waals surface area contributed by atoms with Gasteiger partial charge in [-0.25, -0.2) is 0 Å². The van der Waals surface area contributed by atoms with Gasteiger partial charge < -0.3 is 15.4 Å². The third kappa shape index (κ3) is 3.88. The van der Waals surface area contributed by atoms with E-state index < -0.39 is 0 Å². The second kappa shape index (κ2) is 7.92. The fourth-order valence-electron chi connectivity index (χ4n) is 4.09. The number of ether oxygens (including phenoxy) is 1. The molecule has 0 aromatic heterocycles. The van der Waals surface area contributed by atoms with Gasteiger partial charge in [0.15, 0.2) is 0 Å². The molecule has 3 heterocycles. The molecule has 0 unspecified atom stereocenters. The van der Waals surface area contributed by atoms with E-state index in [4.69, 9.17) is 10.5 Å². The number of hydrogen-bond acceptors (Lipinski definition) is 6. The van der Waals surface area contributed by atoms with Crippen LogP contribution in [0.2, 0.25) is 0 Å². The molecule has 154 valence electrons. The van der Waals surface area contributed by atoms with Crippen molar-refractivity contribution in [3.8, 4) is 0 Å². The number of primary amides is 1. The Kier molecular flexibility index (Phi) is 5.33. The molecule has 3 aliphatic rings. The van der Waals surface area contributed by atoms with Gasteiger partial charge in [0.2, 0.25) is 5.91 Å². The fourth-order valence-corrected chi connectivity index (χ4v) is 4.09. The Morgan fingerprint density at radius 3 is 2.45 bits per heavy atom. The van der Waals surface area contributed by atoms with Crippen LogP contribution in [0.5, 0.6) is 0 Å². The Bertz CT molecular complexity index is 856. The molecule has 4 amide bonds. The fraction of sp³-hybridized carbons (Fsp3) is 0.500. The number of carbonyl (C=O) groups excluding carboxylic acids is 4. The number of nitrogens with two attached hydrogens (primary N) is 1. The van der Waals surface area contributed by atoms with Crippen molar-refractivity contribution in [3.05, 3.63) is 34.9 Å². The van der Waals surface area contributed by atoms with Crippen molar-refractivity contribution in [2.45, 2.75) is 18.9 Å². The van der Waals surface area contributed by atoms with Crippen LogP contribution >= 0.6 is 0 Å². The average Bonchev–Trinajstić information content (AvgIpc) is 3.30. The summed E-state index contributed by atoms with van der Waals surface area (Å²) in [5.41, 5.74) is 6.20. The lowest BCUT2D eigenvalue weighted by Gasteiger charge is -2.34. The molecule has 0 radical (unpaired) electrons. The third-order valence-corrected chi connectivity index (χ3v) is 5.67. The van der Waals surface area contributed by atoms with E-state index in [1.807, 2.05) is 4.90 Å². The van der Waals surface area contributed by atoms with Crippen LogP contribution < -0.4 is 5.73 Å². The van der Waals surface area contributed by atoms with Gasteiger partial charge in [-0.05, 0) is 31.0 Å². The van der Waals surface area contributed by atoms with Gasteiger partial charge in [0.05, 0.1) is 30.3 Å². The van der Waals surface area contributed by atoms with Gasteiger partial charge >= 0.3 is 0 Å². The van der Waals surface area contributed by atoms with E-state index in [-0.39, 0.29) is 48.4 Å². The van der Waals surface area contributed by atoms with Crippen molar-refractivity contribution in [1.82, 2.24) is 14.7 Å². The van der Waals surface area contributed by atoms with Crippen LogP contribution in [-0.2, 0) is 9.53 Å². The number of fused-ring (bicyclic) bond motifs is 1. The standard InChI is InChI=1S/C20H24N4O5/c21-17(25)12-22-5-7-23(8-6-22)18(26)13-3-4-15-16(10-13)20(28)24(19(15)27)11-14-2-1-9-29-14/h3-4,10,14H,1-2,5-9,11-12H2,(H2,21,25)/t14-/m0/s1. The number of benzene rings is 1. The SMILES string of the molecule is NC(=O)CN1CCN(C(=O)c2ccc3c(c2)C(=O)N(C[C@@H]2CCCO2)C3=O)CC1. The van der Waals surface area contributed by atoms with Crippen LogP contribution in [0.25, 0.3) is 0 Å². The zero-order valence-electron chi connectivity index (χ0n) is 16.1. The smallest absolute Gasteiger partial charge is 0.261 e. The van der Waals surface area contributed by atoms with Crippen LogP contribution in [0.15, 0.2) is 18.2 Å². The molecule has 3 aliphatic heterocycles. The van der Waals surface area contributed by atoms with E-state index in [1.54, 1.807) is 17.0 Å². The first-order valence-electron chi connectivity index (χ1n) is 9.86. The number of carbonyl (C=O) groups is 4. The van der Waals surface area contributed by atoms with E-state index in [1.165, 1.54) is 11.0 Å². The average molecular weight is 400 g/mol. The van der Waals surface area contributed by atoms with Crippen LogP contribution in [-0.4, -0.2) is 90.3 Å². The first kappa shape index (κ1) is 19.5. The van der Waals surface area contributed by atoms with Crippen molar-refractivity contribution in [1.29, 1.82) is 0 Å². The van der Waals surface area contributed by atoms with Gasteiger partial charge in [-0.15, -0.1) is 0 Å². The molecule has 1 atom stereocenters. The predicted octanol–water partition coefficient (Wildman–Crippen LogP) is -0.295. The normalized spacial score (nSPS) is 22.3. The summed E-state index contributed by atoms with van der Waals surface area (Å²) in [5.74, 6) is -1.29. The van der Waals surface area contributed by atoms with E-state index in [9.17, 15) is 19.2 Å². The molecule has 29 heavy (non-hydrogen) atoms. The molecule has 0 bridgehead atoms. The lowest BCUT2D eigenvalue weighted by molar-refractivity contribution is -0.119. The lowest BCUT2D eigenvalue weighted by Crippen LogP contribution is -2.50. The minimum Gasteiger partial charge on any atom is -0.376 e. The van der Waals surface area contributed by atoms with Crippen LogP contribution in [0, 0.1) is 0 Å². The Balaban J connectivity index is 1.44. The summed E-state index contributed by atoms with van der Waals surface area (Å²) in [6.07, 6.45) is 1.65. The number of amides is 4. The number of rotatable bonds is 5. The molecule has 9 heteroatoms. The van der Waals surface area contributed by atoms with Crippen molar-refractivity contribution < 1.29 is 23.9 Å². The molecule has 9 nitrogen and oxygen atoms in total. The van der Waals surface area contributed by atoms with Gasteiger partial charge in [0.25, 0.3) is 17.7 Å². The minimum absolute atomic E-state index is 0.116. The summed E-state index contributed by atoms with van der Waals surface area (Å²) in [6.45, 7) is 3.15. The second-order valence-corrected chi connectivity index (χ2v) is 7.65. The largest absolute Gasteiger partial charge is 0.376 e. The summed E-state index contributed by atoms with van der Waals surface area (Å²) in [7, 11) is 0. The predicted molar refractivity (Wildman–Crippen MR) is 102 cm³/mol. The van der Waals surface area contributed by atoms with E-state index in [0.29, 0.717) is 43.9 Å². The highest BCUT2D eigenvalue weighted by Crippen LogP contribution is 2.26. The first-order chi connectivity index (χ1) is 13.9. The van der Waals surface area contributed by atoms with E-state index in [0.717, 1.165) is 12.8 Å². The van der Waals surface area contributed by atoms with Gasteiger partial charge in [0.1, 0.15) is 0 Å². The molecule has 1 aromatic carbocycles. The van der Waals surface area contributed by atoms with Crippen molar-refractivity contribution in [2.75, 3.05) is 45.9 Å². The zero-order chi connectivity index (χ0) is 20.5. The van der Waals surface area contributed by atoms with Crippen LogP contribution in [0.1, 0.15) is 43.9 Å². The topological polar surface area (TPSA) is 113 Å². The number of piperazine rings is 1. The molecule has 2 saturated heterocycles. The summed E-state index contributed by atoms with van der Waals surface area (Å²) >= 11 is 0. The maximum atomic E-state index is 12.9. The highest BCUT2D eigenvalue weighted by Gasteiger charge is 2.38. The van der Waals surface area contributed by atoms with Crippen LogP contribution in [0.3, 0.4) is 0 Å². The van der Waals surface area contributed by atoms with Crippen LogP contribution in [0.4, 0.5) is 0 Å². The monoisotopic (exact) mass is 400 g/mol. The van der Waals surface area contributed by atoms with E-state index in [2.05, 4.69) is 0 Å². The molecule has 2 N–H and O–H groups in total. The third-order valence-electron chi connectivity index (χ3n) is 5.67. The molecular weight excluding hydrogens is 376 g/mol. The van der Waals surface area contributed by atoms with Crippen molar-refractivity contribution >= 4 is 23.6 Å². The number of hydrogen-bond donors (Lipinski definition) is 1. The minimum atomic E-state index is -0.390. The van der Waals surface area contributed by atoms with Crippen molar-refractivity contribution in [2.24, 2.45) is 5.73 Å². The van der Waals surface area contributed by atoms with Crippen molar-refractivity contribution in [3.63, 3.8) is 0 Å². The summed E-state index contributed by atoms with van der Waals surface area (Å²) < 4.78 is 5.54. The zero-order valence-corrected chi connectivity index (χ0v) is 16.1.